The minimum atomic E-state index is -0.906. The lowest BCUT2D eigenvalue weighted by molar-refractivity contribution is 0.100. The van der Waals surface area contributed by atoms with E-state index in [9.17, 15) is 14.3 Å². The molecule has 1 amide bonds. The topological polar surface area (TPSA) is 106 Å². The van der Waals surface area contributed by atoms with Gasteiger partial charge in [-0.2, -0.15) is 4.99 Å². The number of phenolic OH excluding ortho intramolecular Hbond substituents is 1. The molecule has 2 rings (SSSR count). The third kappa shape index (κ3) is 3.03. The van der Waals surface area contributed by atoms with Crippen molar-refractivity contribution >= 4 is 17.6 Å². The minimum absolute atomic E-state index is 0.106. The molecule has 7 heteroatoms. The summed E-state index contributed by atoms with van der Waals surface area (Å²) in [4.78, 5) is 19.2. The van der Waals surface area contributed by atoms with Crippen LogP contribution in [0.3, 0.4) is 0 Å². The number of phenols is 1. The second-order valence-corrected chi connectivity index (χ2v) is 5.22. The predicted octanol–water partition coefficient (Wildman–Crippen LogP) is 2.78. The molecule has 2 aromatic carbocycles. The Hall–Kier alpha value is -3.40. The van der Waals surface area contributed by atoms with E-state index in [1.807, 2.05) is 0 Å². The Kier molecular flexibility index (Phi) is 4.51. The molecule has 0 spiro atoms. The molecule has 0 saturated heterocycles. The molecule has 0 aromatic heterocycles. The Morgan fingerprint density at radius 1 is 1.25 bits per heavy atom. The van der Waals surface area contributed by atoms with Gasteiger partial charge in [-0.1, -0.05) is 6.07 Å². The number of carbonyl (C=O) groups excluding carboxylic acids is 1. The van der Waals surface area contributed by atoms with Crippen molar-refractivity contribution in [3.05, 3.63) is 58.2 Å². The van der Waals surface area contributed by atoms with E-state index in [2.05, 4.69) is 9.84 Å². The second kappa shape index (κ2) is 6.38. The summed E-state index contributed by atoms with van der Waals surface area (Å²) < 4.78 is 13.7. The summed E-state index contributed by atoms with van der Waals surface area (Å²) in [5, 5.41) is 10.2. The van der Waals surface area contributed by atoms with Crippen LogP contribution in [-0.2, 0) is 0 Å². The van der Waals surface area contributed by atoms with E-state index in [1.54, 1.807) is 13.8 Å². The quantitative estimate of drug-likeness (QED) is 0.448. The molecule has 0 fully saturated rings. The van der Waals surface area contributed by atoms with Crippen molar-refractivity contribution in [1.82, 2.24) is 0 Å². The Morgan fingerprint density at radius 3 is 2.50 bits per heavy atom. The van der Waals surface area contributed by atoms with E-state index < -0.39 is 17.7 Å². The van der Waals surface area contributed by atoms with Gasteiger partial charge in [-0.3, -0.25) is 4.79 Å². The number of rotatable bonds is 2. The first-order chi connectivity index (χ1) is 11.3. The third-order valence-corrected chi connectivity index (χ3v) is 3.49. The maximum Gasteiger partial charge on any atom is 0.283 e. The fraction of sp³-hybridized carbons (Fsp3) is 0.118. The van der Waals surface area contributed by atoms with Gasteiger partial charge in [-0.25, -0.2) is 9.24 Å². The summed E-state index contributed by atoms with van der Waals surface area (Å²) in [6.45, 7) is 10.7. The monoisotopic (exact) mass is 326 g/mol. The number of aliphatic imine (C=N–C) groups is 1. The highest BCUT2D eigenvalue weighted by Gasteiger charge is 2.24. The smallest absolute Gasteiger partial charge is 0.283 e. The first kappa shape index (κ1) is 17.0. The highest BCUT2D eigenvalue weighted by molar-refractivity contribution is 6.11. The average molecular weight is 326 g/mol. The van der Waals surface area contributed by atoms with Crippen LogP contribution in [0.15, 0.2) is 29.3 Å². The van der Waals surface area contributed by atoms with Crippen molar-refractivity contribution < 1.29 is 14.3 Å². The lowest BCUT2D eigenvalue weighted by atomic mass is 9.91. The Morgan fingerprint density at radius 2 is 1.92 bits per heavy atom. The number of aryl methyl sites for hydroxylation is 2. The maximum absolute atomic E-state index is 13.7. The fourth-order valence-corrected chi connectivity index (χ4v) is 2.45. The van der Waals surface area contributed by atoms with E-state index in [0.29, 0.717) is 16.7 Å². The number of nitrogens with zero attached hydrogens (tertiary/aromatic N) is 2. The molecule has 0 saturated carbocycles. The van der Waals surface area contributed by atoms with Crippen LogP contribution in [0.1, 0.15) is 21.5 Å². The first-order valence-corrected chi connectivity index (χ1v) is 6.90. The van der Waals surface area contributed by atoms with E-state index in [-0.39, 0.29) is 22.6 Å². The molecule has 5 N–H and O–H groups in total. The maximum atomic E-state index is 13.7. The van der Waals surface area contributed by atoms with Crippen molar-refractivity contribution in [2.24, 2.45) is 16.5 Å². The van der Waals surface area contributed by atoms with Crippen LogP contribution in [0, 0.1) is 26.2 Å². The molecule has 0 heterocycles. The summed E-state index contributed by atoms with van der Waals surface area (Å²) in [6, 6.07) is 5.27. The molecule has 0 radical (unpaired) electrons. The van der Waals surface area contributed by atoms with Gasteiger partial charge in [-0.05, 0) is 48.7 Å². The van der Waals surface area contributed by atoms with Crippen LogP contribution in [0.25, 0.3) is 16.0 Å². The van der Waals surface area contributed by atoms with Crippen LogP contribution < -0.4 is 11.5 Å². The number of carbonyl (C=O) groups is 1. The van der Waals surface area contributed by atoms with Gasteiger partial charge in [0.15, 0.2) is 11.6 Å². The summed E-state index contributed by atoms with van der Waals surface area (Å²) in [6.07, 6.45) is 0. The summed E-state index contributed by atoms with van der Waals surface area (Å²) in [7, 11) is 0. The number of aromatic hydroxyl groups is 1. The second-order valence-electron chi connectivity index (χ2n) is 5.22. The first-order valence-electron chi connectivity index (χ1n) is 6.90. The average Bonchev–Trinajstić information content (AvgIpc) is 2.48. The number of nitrogens with two attached hydrogens (primary N) is 2. The van der Waals surface area contributed by atoms with Crippen LogP contribution >= 0.6 is 0 Å². The molecule has 0 aliphatic rings. The number of benzene rings is 2. The molecule has 122 valence electrons. The zero-order valence-electron chi connectivity index (χ0n) is 13.1. The summed E-state index contributed by atoms with van der Waals surface area (Å²) in [5.74, 6) is -2.30. The van der Waals surface area contributed by atoms with Gasteiger partial charge < -0.3 is 16.6 Å². The van der Waals surface area contributed by atoms with Crippen LogP contribution in [0.4, 0.5) is 10.1 Å². The standard InChI is InChI=1S/C17H15FN4O2/c1-8-4-5-10(18)7-11(8)13-14(16(24)22-17(19)20)12(23)6-9(2)15(13)21-3/h4-7,23H,1-2H3,(H4,19,20,22,24). The van der Waals surface area contributed by atoms with Crippen molar-refractivity contribution in [2.75, 3.05) is 0 Å². The van der Waals surface area contributed by atoms with Crippen molar-refractivity contribution in [3.63, 3.8) is 0 Å². The molecule has 0 atom stereocenters. The van der Waals surface area contributed by atoms with Gasteiger partial charge in [0.2, 0.25) is 0 Å². The van der Waals surface area contributed by atoms with Crippen molar-refractivity contribution in [2.45, 2.75) is 13.8 Å². The SMILES string of the molecule is [C-]#[N+]c1c(C)cc(O)c(C(=O)N=C(N)N)c1-c1cc(F)ccc1C. The molecular weight excluding hydrogens is 311 g/mol. The molecule has 0 aliphatic heterocycles. The Labute approximate surface area is 138 Å². The number of guanidine groups is 1. The van der Waals surface area contributed by atoms with Crippen molar-refractivity contribution in [1.29, 1.82) is 0 Å². The predicted molar refractivity (Wildman–Crippen MR) is 89.4 cm³/mol. The normalized spacial score (nSPS) is 10.1. The van der Waals surface area contributed by atoms with Crippen LogP contribution in [-0.4, -0.2) is 17.0 Å². The Balaban J connectivity index is 2.96. The van der Waals surface area contributed by atoms with E-state index in [0.717, 1.165) is 0 Å². The van der Waals surface area contributed by atoms with Gasteiger partial charge in [0.25, 0.3) is 5.91 Å². The highest BCUT2D eigenvalue weighted by Crippen LogP contribution is 2.42. The number of halogens is 1. The molecule has 0 bridgehead atoms. The van der Waals surface area contributed by atoms with E-state index >= 15 is 0 Å². The lowest BCUT2D eigenvalue weighted by Gasteiger charge is -2.15. The zero-order chi connectivity index (χ0) is 18.0. The number of amides is 1. The van der Waals surface area contributed by atoms with Gasteiger partial charge in [-0.15, -0.1) is 0 Å². The van der Waals surface area contributed by atoms with E-state index in [4.69, 9.17) is 18.0 Å². The molecule has 2 aromatic rings. The lowest BCUT2D eigenvalue weighted by Crippen LogP contribution is -2.24. The highest BCUT2D eigenvalue weighted by atomic mass is 19.1. The van der Waals surface area contributed by atoms with Gasteiger partial charge in [0, 0.05) is 5.56 Å². The van der Waals surface area contributed by atoms with Gasteiger partial charge in [0.05, 0.1) is 12.1 Å². The molecule has 0 aliphatic carbocycles. The number of hydrogen-bond acceptors (Lipinski definition) is 2. The minimum Gasteiger partial charge on any atom is -0.507 e. The Bertz CT molecular complexity index is 910. The summed E-state index contributed by atoms with van der Waals surface area (Å²) in [5.41, 5.74) is 11.8. The fourth-order valence-electron chi connectivity index (χ4n) is 2.45. The molecular formula is C17H15FN4O2. The third-order valence-electron chi connectivity index (χ3n) is 3.49. The van der Waals surface area contributed by atoms with Crippen LogP contribution in [0.5, 0.6) is 5.75 Å². The zero-order valence-corrected chi connectivity index (χ0v) is 13.1. The molecule has 6 nitrogen and oxygen atoms in total. The number of hydrogen-bond donors (Lipinski definition) is 3. The molecule has 0 unspecified atom stereocenters. The van der Waals surface area contributed by atoms with Gasteiger partial charge >= 0.3 is 0 Å². The van der Waals surface area contributed by atoms with E-state index in [1.165, 1.54) is 24.3 Å². The molecule has 24 heavy (non-hydrogen) atoms. The summed E-state index contributed by atoms with van der Waals surface area (Å²) >= 11 is 0. The largest absolute Gasteiger partial charge is 0.507 e. The van der Waals surface area contributed by atoms with Crippen LogP contribution in [0.2, 0.25) is 0 Å². The van der Waals surface area contributed by atoms with Crippen molar-refractivity contribution in [3.8, 4) is 16.9 Å². The van der Waals surface area contributed by atoms with Gasteiger partial charge in [0.1, 0.15) is 11.6 Å².